The molecule has 5 heteroatoms. The van der Waals surface area contributed by atoms with Crippen LogP contribution in [0.5, 0.6) is 0 Å². The maximum atomic E-state index is 10.2. The molecule has 0 spiro atoms. The molecule has 2 amide bonds. The molecule has 0 aromatic carbocycles. The minimum atomic E-state index is -0.709. The Balaban J connectivity index is 3.30. The van der Waals surface area contributed by atoms with Gasteiger partial charge in [-0.3, -0.25) is 10.7 Å². The Morgan fingerprint density at radius 3 is 2.73 bits per heavy atom. The monoisotopic (exact) mass is 158 g/mol. The van der Waals surface area contributed by atoms with Crippen LogP contribution in [0.3, 0.4) is 0 Å². The van der Waals surface area contributed by atoms with Gasteiger partial charge in [0.1, 0.15) is 0 Å². The number of guanidine groups is 1. The van der Waals surface area contributed by atoms with Crippen molar-refractivity contribution < 1.29 is 4.79 Å². The van der Waals surface area contributed by atoms with Gasteiger partial charge in [0.05, 0.1) is 0 Å². The quantitative estimate of drug-likeness (QED) is 0.264. The highest BCUT2D eigenvalue weighted by molar-refractivity contribution is 5.93. The Bertz CT molecular complexity index is 146. The Labute approximate surface area is 65.9 Å². The summed E-state index contributed by atoms with van der Waals surface area (Å²) in [5.74, 6) is -0.0362. The van der Waals surface area contributed by atoms with Gasteiger partial charge >= 0.3 is 6.03 Å². The molecule has 0 unspecified atom stereocenters. The molecule has 0 heterocycles. The highest BCUT2D eigenvalue weighted by atomic mass is 16.2. The van der Waals surface area contributed by atoms with Crippen LogP contribution in [0.25, 0.3) is 0 Å². The summed E-state index contributed by atoms with van der Waals surface area (Å²) in [7, 11) is 0. The number of hydrogen-bond donors (Lipinski definition) is 4. The number of amides is 2. The van der Waals surface area contributed by atoms with E-state index >= 15 is 0 Å². The Morgan fingerprint density at radius 2 is 2.27 bits per heavy atom. The van der Waals surface area contributed by atoms with Crippen molar-refractivity contribution in [1.82, 2.24) is 10.6 Å². The Kier molecular flexibility index (Phi) is 4.89. The molecular weight excluding hydrogens is 144 g/mol. The van der Waals surface area contributed by atoms with Crippen LogP contribution >= 0.6 is 0 Å². The summed E-state index contributed by atoms with van der Waals surface area (Å²) < 4.78 is 0. The van der Waals surface area contributed by atoms with E-state index in [9.17, 15) is 4.79 Å². The average molecular weight is 158 g/mol. The molecule has 0 aromatic heterocycles. The lowest BCUT2D eigenvalue weighted by atomic mass is 10.3. The molecule has 5 nitrogen and oxygen atoms in total. The third-order valence-corrected chi connectivity index (χ3v) is 1.08. The molecule has 0 rings (SSSR count). The van der Waals surface area contributed by atoms with E-state index in [-0.39, 0.29) is 5.96 Å². The third kappa shape index (κ3) is 6.63. The Hall–Kier alpha value is -1.26. The van der Waals surface area contributed by atoms with Crippen LogP contribution in [0.2, 0.25) is 0 Å². The molecule has 0 aliphatic heterocycles. The first-order valence-corrected chi connectivity index (χ1v) is 3.55. The van der Waals surface area contributed by atoms with Gasteiger partial charge in [0.25, 0.3) is 0 Å². The topological polar surface area (TPSA) is 91.0 Å². The first-order valence-electron chi connectivity index (χ1n) is 3.55. The summed E-state index contributed by atoms with van der Waals surface area (Å²) in [6.07, 6.45) is 2.03. The summed E-state index contributed by atoms with van der Waals surface area (Å²) in [4.78, 5) is 10.2. The molecular formula is C6H14N4O. The molecule has 0 aliphatic carbocycles. The van der Waals surface area contributed by atoms with Crippen molar-refractivity contribution in [2.24, 2.45) is 5.73 Å². The van der Waals surface area contributed by atoms with Crippen LogP contribution in [0.1, 0.15) is 19.8 Å². The third-order valence-electron chi connectivity index (χ3n) is 1.08. The van der Waals surface area contributed by atoms with Gasteiger partial charge in [-0.05, 0) is 6.42 Å². The SMILES string of the molecule is CCCCNC(=N)NC(N)=O. The fourth-order valence-corrected chi connectivity index (χ4v) is 0.558. The van der Waals surface area contributed by atoms with E-state index in [4.69, 9.17) is 11.1 Å². The molecule has 0 aromatic rings. The number of urea groups is 1. The smallest absolute Gasteiger partial charge is 0.318 e. The molecule has 0 fully saturated rings. The minimum absolute atomic E-state index is 0.0362. The fourth-order valence-electron chi connectivity index (χ4n) is 0.558. The van der Waals surface area contributed by atoms with Gasteiger partial charge in [-0.25, -0.2) is 4.79 Å². The molecule has 11 heavy (non-hydrogen) atoms. The van der Waals surface area contributed by atoms with Gasteiger partial charge in [0.15, 0.2) is 5.96 Å². The van der Waals surface area contributed by atoms with E-state index in [1.54, 1.807) is 0 Å². The lowest BCUT2D eigenvalue weighted by Crippen LogP contribution is -2.43. The van der Waals surface area contributed by atoms with Crippen LogP contribution < -0.4 is 16.4 Å². The molecule has 64 valence electrons. The van der Waals surface area contributed by atoms with Gasteiger partial charge in [0.2, 0.25) is 0 Å². The maximum Gasteiger partial charge on any atom is 0.318 e. The second-order valence-corrected chi connectivity index (χ2v) is 2.14. The van der Waals surface area contributed by atoms with Gasteiger partial charge in [0, 0.05) is 6.54 Å². The summed E-state index contributed by atoms with van der Waals surface area (Å²) in [5, 5.41) is 11.9. The first-order chi connectivity index (χ1) is 5.16. The van der Waals surface area contributed by atoms with E-state index in [2.05, 4.69) is 10.6 Å². The molecule has 5 N–H and O–H groups in total. The zero-order valence-corrected chi connectivity index (χ0v) is 6.61. The number of unbranched alkanes of at least 4 members (excludes halogenated alkanes) is 1. The molecule has 0 aliphatic rings. The zero-order chi connectivity index (χ0) is 8.69. The van der Waals surface area contributed by atoms with Crippen molar-refractivity contribution >= 4 is 12.0 Å². The summed E-state index contributed by atoms with van der Waals surface area (Å²) in [5.41, 5.74) is 4.77. The van der Waals surface area contributed by atoms with Crippen molar-refractivity contribution in [2.75, 3.05) is 6.54 Å². The van der Waals surface area contributed by atoms with Gasteiger partial charge < -0.3 is 11.1 Å². The van der Waals surface area contributed by atoms with Gasteiger partial charge in [-0.1, -0.05) is 13.3 Å². The molecule has 0 saturated carbocycles. The standard InChI is InChI=1S/C6H14N4O/c1-2-3-4-9-5(7)10-6(8)11/h2-4H2,1H3,(H5,7,8,9,10,11). The molecule has 0 radical (unpaired) electrons. The van der Waals surface area contributed by atoms with E-state index in [1.807, 2.05) is 6.92 Å². The number of primary amides is 1. The molecule has 0 saturated heterocycles. The van der Waals surface area contributed by atoms with E-state index < -0.39 is 6.03 Å². The van der Waals surface area contributed by atoms with Crippen LogP contribution in [0, 0.1) is 5.41 Å². The summed E-state index contributed by atoms with van der Waals surface area (Å²) >= 11 is 0. The zero-order valence-electron chi connectivity index (χ0n) is 6.61. The predicted octanol–water partition coefficient (Wildman–Crippen LogP) is -0.0208. The van der Waals surface area contributed by atoms with Crippen molar-refractivity contribution in [3.63, 3.8) is 0 Å². The number of nitrogens with two attached hydrogens (primary N) is 1. The summed E-state index contributed by atoms with van der Waals surface area (Å²) in [6.45, 7) is 2.74. The van der Waals surface area contributed by atoms with Gasteiger partial charge in [-0.2, -0.15) is 0 Å². The summed E-state index contributed by atoms with van der Waals surface area (Å²) in [6, 6.07) is -0.709. The second kappa shape index (κ2) is 5.52. The predicted molar refractivity (Wildman–Crippen MR) is 43.4 cm³/mol. The lowest BCUT2D eigenvalue weighted by Gasteiger charge is -2.05. The minimum Gasteiger partial charge on any atom is -0.356 e. The number of hydrogen-bond acceptors (Lipinski definition) is 2. The fraction of sp³-hybridized carbons (Fsp3) is 0.667. The van der Waals surface area contributed by atoms with Crippen molar-refractivity contribution in [3.8, 4) is 0 Å². The number of carbonyl (C=O) groups is 1. The van der Waals surface area contributed by atoms with E-state index in [1.165, 1.54) is 0 Å². The van der Waals surface area contributed by atoms with Crippen molar-refractivity contribution in [1.29, 1.82) is 5.41 Å². The van der Waals surface area contributed by atoms with E-state index in [0.29, 0.717) is 6.54 Å². The second-order valence-electron chi connectivity index (χ2n) is 2.14. The number of rotatable bonds is 3. The van der Waals surface area contributed by atoms with Crippen LogP contribution in [-0.4, -0.2) is 18.5 Å². The highest BCUT2D eigenvalue weighted by Gasteiger charge is 1.95. The Morgan fingerprint density at radius 1 is 1.64 bits per heavy atom. The highest BCUT2D eigenvalue weighted by Crippen LogP contribution is 1.81. The van der Waals surface area contributed by atoms with E-state index in [0.717, 1.165) is 12.8 Å². The van der Waals surface area contributed by atoms with Gasteiger partial charge in [-0.15, -0.1) is 0 Å². The molecule has 0 bridgehead atoms. The normalized spacial score (nSPS) is 8.82. The average Bonchev–Trinajstić information content (AvgIpc) is 1.86. The molecule has 0 atom stereocenters. The maximum absolute atomic E-state index is 10.2. The lowest BCUT2D eigenvalue weighted by molar-refractivity contribution is 0.253. The van der Waals surface area contributed by atoms with Crippen molar-refractivity contribution in [2.45, 2.75) is 19.8 Å². The van der Waals surface area contributed by atoms with Crippen LogP contribution in [-0.2, 0) is 0 Å². The number of nitrogens with one attached hydrogen (secondary N) is 3. The van der Waals surface area contributed by atoms with Crippen LogP contribution in [0.4, 0.5) is 4.79 Å². The first kappa shape index (κ1) is 9.74. The largest absolute Gasteiger partial charge is 0.356 e. The number of carbonyl (C=O) groups excluding carboxylic acids is 1. The van der Waals surface area contributed by atoms with Crippen molar-refractivity contribution in [3.05, 3.63) is 0 Å². The van der Waals surface area contributed by atoms with Crippen LogP contribution in [0.15, 0.2) is 0 Å².